The molecule has 92 valence electrons. The fourth-order valence-electron chi connectivity index (χ4n) is 3.19. The molecule has 1 aliphatic heterocycles. The minimum absolute atomic E-state index is 0.332. The van der Waals surface area contributed by atoms with Crippen LogP contribution >= 0.6 is 0 Å². The molecule has 2 aliphatic rings. The number of nitrogens with two attached hydrogens (primary N) is 1. The quantitative estimate of drug-likeness (QED) is 0.796. The second-order valence-electron chi connectivity index (χ2n) is 5.24. The van der Waals surface area contributed by atoms with Crippen molar-refractivity contribution in [3.8, 4) is 0 Å². The van der Waals surface area contributed by atoms with Crippen molar-refractivity contribution in [2.45, 2.75) is 57.4 Å². The summed E-state index contributed by atoms with van der Waals surface area (Å²) in [5, 5.41) is 0. The van der Waals surface area contributed by atoms with E-state index in [2.05, 4.69) is 4.90 Å². The van der Waals surface area contributed by atoms with Gasteiger partial charge in [0.25, 0.3) is 0 Å². The van der Waals surface area contributed by atoms with Crippen molar-refractivity contribution < 1.29 is 4.79 Å². The average molecular weight is 224 g/mol. The van der Waals surface area contributed by atoms with E-state index in [-0.39, 0.29) is 0 Å². The molecule has 0 aromatic rings. The van der Waals surface area contributed by atoms with Crippen molar-refractivity contribution in [3.05, 3.63) is 0 Å². The first-order chi connectivity index (χ1) is 7.83. The first-order valence-electron chi connectivity index (χ1n) is 6.83. The molecule has 0 aromatic heterocycles. The van der Waals surface area contributed by atoms with Crippen molar-refractivity contribution in [1.82, 2.24) is 4.90 Å². The molecule has 1 saturated heterocycles. The Morgan fingerprint density at radius 3 is 2.50 bits per heavy atom. The zero-order valence-electron chi connectivity index (χ0n) is 10.2. The third-order valence-electron chi connectivity index (χ3n) is 4.11. The van der Waals surface area contributed by atoms with Crippen LogP contribution in [0.15, 0.2) is 0 Å². The van der Waals surface area contributed by atoms with Crippen LogP contribution in [0.4, 0.5) is 0 Å². The summed E-state index contributed by atoms with van der Waals surface area (Å²) in [7, 11) is 0. The van der Waals surface area contributed by atoms with Gasteiger partial charge >= 0.3 is 0 Å². The molecular formula is C13H24N2O. The smallest absolute Gasteiger partial charge is 0.225 e. The molecule has 3 nitrogen and oxygen atoms in total. The molecule has 0 aromatic carbocycles. The fourth-order valence-corrected chi connectivity index (χ4v) is 3.19. The highest BCUT2D eigenvalue weighted by molar-refractivity contribution is 5.79. The van der Waals surface area contributed by atoms with Crippen LogP contribution in [0.1, 0.15) is 51.4 Å². The minimum atomic E-state index is 0.332. The van der Waals surface area contributed by atoms with Gasteiger partial charge in [-0.2, -0.15) is 0 Å². The Morgan fingerprint density at radius 1 is 1.12 bits per heavy atom. The van der Waals surface area contributed by atoms with E-state index in [1.54, 1.807) is 0 Å². The number of carbonyl (C=O) groups is 1. The molecule has 0 radical (unpaired) electrons. The molecular weight excluding hydrogens is 200 g/mol. The molecule has 1 atom stereocenters. The monoisotopic (exact) mass is 224 g/mol. The predicted octanol–water partition coefficient (Wildman–Crippen LogP) is 1.91. The third kappa shape index (κ3) is 2.57. The molecule has 0 bridgehead atoms. The van der Waals surface area contributed by atoms with Gasteiger partial charge in [-0.3, -0.25) is 4.79 Å². The normalized spacial score (nSPS) is 27.3. The maximum absolute atomic E-state index is 12.4. The molecule has 2 N–H and O–H groups in total. The van der Waals surface area contributed by atoms with Gasteiger partial charge in [0.1, 0.15) is 0 Å². The summed E-state index contributed by atoms with van der Waals surface area (Å²) in [6.07, 6.45) is 9.31. The van der Waals surface area contributed by atoms with Crippen molar-refractivity contribution >= 4 is 5.91 Å². The van der Waals surface area contributed by atoms with Crippen molar-refractivity contribution in [2.24, 2.45) is 11.7 Å². The van der Waals surface area contributed by atoms with Crippen molar-refractivity contribution in [2.75, 3.05) is 13.1 Å². The van der Waals surface area contributed by atoms with Gasteiger partial charge < -0.3 is 10.6 Å². The van der Waals surface area contributed by atoms with E-state index in [1.807, 2.05) is 0 Å². The average Bonchev–Trinajstić information content (AvgIpc) is 2.83. The zero-order valence-corrected chi connectivity index (χ0v) is 10.2. The first kappa shape index (κ1) is 11.9. The lowest BCUT2D eigenvalue weighted by Gasteiger charge is -2.37. The Hall–Kier alpha value is -0.570. The summed E-state index contributed by atoms with van der Waals surface area (Å²) in [5.74, 6) is 0.758. The van der Waals surface area contributed by atoms with Crippen LogP contribution in [0.5, 0.6) is 0 Å². The van der Waals surface area contributed by atoms with Gasteiger partial charge in [0.05, 0.1) is 0 Å². The summed E-state index contributed by atoms with van der Waals surface area (Å²) >= 11 is 0. The zero-order chi connectivity index (χ0) is 11.4. The highest BCUT2D eigenvalue weighted by Crippen LogP contribution is 2.29. The third-order valence-corrected chi connectivity index (χ3v) is 4.11. The van der Waals surface area contributed by atoms with Gasteiger partial charge in [-0.15, -0.1) is 0 Å². The number of likely N-dealkylation sites (tertiary alicyclic amines) is 1. The molecule has 0 spiro atoms. The number of rotatable bonds is 3. The lowest BCUT2D eigenvalue weighted by Crippen LogP contribution is -2.46. The van der Waals surface area contributed by atoms with E-state index in [0.717, 1.165) is 32.2 Å². The van der Waals surface area contributed by atoms with E-state index in [0.29, 0.717) is 24.4 Å². The molecule has 1 aliphatic carbocycles. The number of hydrogen-bond donors (Lipinski definition) is 1. The topological polar surface area (TPSA) is 46.3 Å². The number of amides is 1. The first-order valence-corrected chi connectivity index (χ1v) is 6.83. The number of hydrogen-bond acceptors (Lipinski definition) is 2. The van der Waals surface area contributed by atoms with Gasteiger partial charge in [-0.25, -0.2) is 0 Å². The Morgan fingerprint density at radius 2 is 1.81 bits per heavy atom. The molecule has 1 heterocycles. The molecule has 1 saturated carbocycles. The maximum atomic E-state index is 12.4. The molecule has 1 unspecified atom stereocenters. The van der Waals surface area contributed by atoms with Crippen LogP contribution in [-0.4, -0.2) is 29.9 Å². The second kappa shape index (κ2) is 5.67. The second-order valence-corrected chi connectivity index (χ2v) is 5.24. The Labute approximate surface area is 98.4 Å². The summed E-state index contributed by atoms with van der Waals surface area (Å²) < 4.78 is 0. The van der Waals surface area contributed by atoms with E-state index >= 15 is 0 Å². The lowest BCUT2D eigenvalue weighted by atomic mass is 9.96. The van der Waals surface area contributed by atoms with Crippen molar-refractivity contribution in [3.63, 3.8) is 0 Å². The summed E-state index contributed by atoms with van der Waals surface area (Å²) in [5.41, 5.74) is 5.64. The SMILES string of the molecule is NCCC1CCCCN1C(=O)C1CCCC1. The Bertz CT molecular complexity index is 234. The van der Waals surface area contributed by atoms with Gasteiger partial charge in [0, 0.05) is 18.5 Å². The predicted molar refractivity (Wildman–Crippen MR) is 65.0 cm³/mol. The fraction of sp³-hybridized carbons (Fsp3) is 0.923. The van der Waals surface area contributed by atoms with E-state index in [9.17, 15) is 4.79 Å². The van der Waals surface area contributed by atoms with Crippen LogP contribution in [0, 0.1) is 5.92 Å². The summed E-state index contributed by atoms with van der Waals surface area (Å²) in [4.78, 5) is 14.5. The van der Waals surface area contributed by atoms with Gasteiger partial charge in [0.2, 0.25) is 5.91 Å². The maximum Gasteiger partial charge on any atom is 0.225 e. The summed E-state index contributed by atoms with van der Waals surface area (Å²) in [6.45, 7) is 1.68. The van der Waals surface area contributed by atoms with Gasteiger partial charge in [-0.1, -0.05) is 12.8 Å². The van der Waals surface area contributed by atoms with E-state index in [1.165, 1.54) is 25.7 Å². The van der Waals surface area contributed by atoms with Gasteiger partial charge in [-0.05, 0) is 45.1 Å². The molecule has 1 amide bonds. The highest BCUT2D eigenvalue weighted by Gasteiger charge is 2.32. The molecule has 3 heteroatoms. The standard InChI is InChI=1S/C13H24N2O/c14-9-8-12-7-3-4-10-15(12)13(16)11-5-1-2-6-11/h11-12H,1-10,14H2. The number of carbonyl (C=O) groups excluding carboxylic acids is 1. The number of piperidine rings is 1. The summed E-state index contributed by atoms with van der Waals surface area (Å²) in [6, 6.07) is 0.437. The lowest BCUT2D eigenvalue weighted by molar-refractivity contribution is -0.139. The highest BCUT2D eigenvalue weighted by atomic mass is 16.2. The van der Waals surface area contributed by atoms with Crippen LogP contribution < -0.4 is 5.73 Å². The molecule has 2 fully saturated rings. The minimum Gasteiger partial charge on any atom is -0.339 e. The Kier molecular flexibility index (Phi) is 4.22. The molecule has 2 rings (SSSR count). The number of nitrogens with zero attached hydrogens (tertiary/aromatic N) is 1. The van der Waals surface area contributed by atoms with Crippen LogP contribution in [0.25, 0.3) is 0 Å². The van der Waals surface area contributed by atoms with Crippen molar-refractivity contribution in [1.29, 1.82) is 0 Å². The van der Waals surface area contributed by atoms with Gasteiger partial charge in [0.15, 0.2) is 0 Å². The molecule has 16 heavy (non-hydrogen) atoms. The van der Waals surface area contributed by atoms with Crippen LogP contribution in [0.2, 0.25) is 0 Å². The van der Waals surface area contributed by atoms with E-state index < -0.39 is 0 Å². The largest absolute Gasteiger partial charge is 0.339 e. The van der Waals surface area contributed by atoms with E-state index in [4.69, 9.17) is 5.73 Å². The van der Waals surface area contributed by atoms with Crippen LogP contribution in [-0.2, 0) is 4.79 Å². The van der Waals surface area contributed by atoms with Crippen LogP contribution in [0.3, 0.4) is 0 Å². The Balaban J connectivity index is 1.95.